The first-order chi connectivity index (χ1) is 10.6. The normalized spacial score (nSPS) is 26.1. The van der Waals surface area contributed by atoms with E-state index in [1.807, 2.05) is 0 Å². The van der Waals surface area contributed by atoms with Crippen LogP contribution >= 0.6 is 0 Å². The first-order valence-corrected chi connectivity index (χ1v) is 7.77. The van der Waals surface area contributed by atoms with E-state index in [-0.39, 0.29) is 17.4 Å². The van der Waals surface area contributed by atoms with Crippen molar-refractivity contribution in [1.82, 2.24) is 0 Å². The molecule has 2 N–H and O–H groups in total. The van der Waals surface area contributed by atoms with Crippen LogP contribution in [0.3, 0.4) is 0 Å². The number of nitrogens with one attached hydrogen (secondary N) is 1. The molecule has 1 amide bonds. The third kappa shape index (κ3) is 2.99. The van der Waals surface area contributed by atoms with Crippen molar-refractivity contribution in [2.45, 2.75) is 32.3 Å². The predicted octanol–water partition coefficient (Wildman–Crippen LogP) is 2.91. The van der Waals surface area contributed by atoms with Crippen molar-refractivity contribution >= 4 is 17.6 Å². The third-order valence-electron chi connectivity index (χ3n) is 4.78. The Morgan fingerprint density at radius 1 is 1.23 bits per heavy atom. The Morgan fingerprint density at radius 2 is 1.91 bits per heavy atom. The average Bonchev–Trinajstić information content (AvgIpc) is 3.21. The molecule has 2 fully saturated rings. The van der Waals surface area contributed by atoms with Gasteiger partial charge in [0.1, 0.15) is 0 Å². The summed E-state index contributed by atoms with van der Waals surface area (Å²) in [5, 5.41) is 12.1. The number of aromatic carboxylic acids is 1. The molecule has 2 unspecified atom stereocenters. The lowest BCUT2D eigenvalue weighted by Gasteiger charge is -2.09. The Hall–Kier alpha value is -1.88. The van der Waals surface area contributed by atoms with Crippen LogP contribution in [-0.2, 0) is 16.1 Å². The summed E-state index contributed by atoms with van der Waals surface area (Å²) < 4.78 is 5.05. The van der Waals surface area contributed by atoms with Gasteiger partial charge in [0.2, 0.25) is 5.91 Å². The van der Waals surface area contributed by atoms with Gasteiger partial charge in [-0.3, -0.25) is 4.79 Å². The number of carboxylic acids is 1. The van der Waals surface area contributed by atoms with Crippen molar-refractivity contribution in [1.29, 1.82) is 0 Å². The lowest BCUT2D eigenvalue weighted by atomic mass is 10.0. The largest absolute Gasteiger partial charge is 0.478 e. The number of ether oxygens (including phenoxy) is 1. The van der Waals surface area contributed by atoms with Gasteiger partial charge in [0, 0.05) is 18.7 Å². The molecule has 3 rings (SSSR count). The van der Waals surface area contributed by atoms with Crippen LogP contribution in [0.25, 0.3) is 0 Å². The van der Waals surface area contributed by atoms with Crippen LogP contribution in [0.2, 0.25) is 0 Å². The lowest BCUT2D eigenvalue weighted by molar-refractivity contribution is -0.117. The Bertz CT molecular complexity index is 586. The third-order valence-corrected chi connectivity index (χ3v) is 4.78. The highest BCUT2D eigenvalue weighted by Gasteiger charge is 2.54. The van der Waals surface area contributed by atoms with Crippen LogP contribution in [-0.4, -0.2) is 24.1 Å². The maximum atomic E-state index is 12.4. The maximum absolute atomic E-state index is 12.4. The minimum atomic E-state index is -1.01. The van der Waals surface area contributed by atoms with Gasteiger partial charge in [-0.15, -0.1) is 0 Å². The number of hydrogen-bond donors (Lipinski definition) is 2. The molecule has 2 aliphatic rings. The number of hydrogen-bond acceptors (Lipinski definition) is 3. The van der Waals surface area contributed by atoms with Gasteiger partial charge >= 0.3 is 5.97 Å². The van der Waals surface area contributed by atoms with E-state index in [1.165, 1.54) is 18.9 Å². The van der Waals surface area contributed by atoms with Crippen LogP contribution in [0.1, 0.15) is 41.6 Å². The average molecular weight is 303 g/mol. The molecule has 2 aliphatic carbocycles. The summed E-state index contributed by atoms with van der Waals surface area (Å²) in [6, 6.07) is 4.85. The fourth-order valence-corrected chi connectivity index (χ4v) is 3.74. The van der Waals surface area contributed by atoms with Crippen molar-refractivity contribution in [2.24, 2.45) is 17.8 Å². The topological polar surface area (TPSA) is 75.6 Å². The van der Waals surface area contributed by atoms with E-state index in [9.17, 15) is 14.7 Å². The second kappa shape index (κ2) is 6.08. The smallest absolute Gasteiger partial charge is 0.335 e. The molecular weight excluding hydrogens is 282 g/mol. The Balaban J connectivity index is 1.73. The van der Waals surface area contributed by atoms with Gasteiger partial charge in [-0.2, -0.15) is 0 Å². The maximum Gasteiger partial charge on any atom is 0.335 e. The number of methoxy groups -OCH3 is 1. The standard InChI is InChI=1S/C17H21NO4/c1-22-9-10-6-11(17(20)21)8-12(7-10)18-16(19)15-13-4-2-3-5-14(13)15/h6-8,13-15H,2-5,9H2,1H3,(H,18,19)(H,20,21). The summed E-state index contributed by atoms with van der Waals surface area (Å²) in [6.07, 6.45) is 4.73. The van der Waals surface area contributed by atoms with Gasteiger partial charge in [-0.25, -0.2) is 4.79 Å². The van der Waals surface area contributed by atoms with Crippen molar-refractivity contribution in [3.05, 3.63) is 29.3 Å². The second-order valence-electron chi connectivity index (χ2n) is 6.28. The first kappa shape index (κ1) is 15.0. The zero-order valence-corrected chi connectivity index (χ0v) is 12.7. The van der Waals surface area contributed by atoms with Crippen LogP contribution in [0, 0.1) is 17.8 Å². The monoisotopic (exact) mass is 303 g/mol. The Kier molecular flexibility index (Phi) is 4.16. The molecule has 0 spiro atoms. The highest BCUT2D eigenvalue weighted by molar-refractivity contribution is 5.96. The molecular formula is C17H21NO4. The fourth-order valence-electron chi connectivity index (χ4n) is 3.74. The molecule has 0 bridgehead atoms. The van der Waals surface area contributed by atoms with Gasteiger partial charge < -0.3 is 15.2 Å². The van der Waals surface area contributed by atoms with Gasteiger partial charge in [-0.1, -0.05) is 12.8 Å². The van der Waals surface area contributed by atoms with E-state index >= 15 is 0 Å². The number of amides is 1. The van der Waals surface area contributed by atoms with Crippen LogP contribution < -0.4 is 5.32 Å². The van der Waals surface area contributed by atoms with E-state index in [4.69, 9.17) is 4.74 Å². The molecule has 5 heteroatoms. The zero-order valence-electron chi connectivity index (χ0n) is 12.7. The number of rotatable bonds is 5. The number of benzene rings is 1. The van der Waals surface area contributed by atoms with Crippen molar-refractivity contribution in [3.63, 3.8) is 0 Å². The molecule has 0 saturated heterocycles. The zero-order chi connectivity index (χ0) is 15.7. The summed E-state index contributed by atoms with van der Waals surface area (Å²) in [5.74, 6) is 0.211. The van der Waals surface area contributed by atoms with Crippen molar-refractivity contribution in [2.75, 3.05) is 12.4 Å². The molecule has 0 radical (unpaired) electrons. The van der Waals surface area contributed by atoms with Crippen molar-refractivity contribution in [3.8, 4) is 0 Å². The van der Waals surface area contributed by atoms with Gasteiger partial charge in [-0.05, 0) is 48.4 Å². The lowest BCUT2D eigenvalue weighted by Crippen LogP contribution is -2.16. The summed E-state index contributed by atoms with van der Waals surface area (Å²) >= 11 is 0. The van der Waals surface area contributed by atoms with Crippen LogP contribution in [0.4, 0.5) is 5.69 Å². The predicted molar refractivity (Wildman–Crippen MR) is 81.7 cm³/mol. The molecule has 5 nitrogen and oxygen atoms in total. The molecule has 2 atom stereocenters. The van der Waals surface area contributed by atoms with Gasteiger partial charge in [0.05, 0.1) is 12.2 Å². The number of carbonyl (C=O) groups excluding carboxylic acids is 1. The Labute approximate surface area is 129 Å². The molecule has 2 saturated carbocycles. The molecule has 118 valence electrons. The number of anilines is 1. The highest BCUT2D eigenvalue weighted by Crippen LogP contribution is 2.55. The van der Waals surface area contributed by atoms with E-state index in [2.05, 4.69) is 5.32 Å². The molecule has 1 aromatic carbocycles. The van der Waals surface area contributed by atoms with Gasteiger partial charge in [0.25, 0.3) is 0 Å². The number of carbonyl (C=O) groups is 2. The highest BCUT2D eigenvalue weighted by atomic mass is 16.5. The van der Waals surface area contributed by atoms with Crippen LogP contribution in [0.15, 0.2) is 18.2 Å². The number of fused-ring (bicyclic) bond motifs is 1. The quantitative estimate of drug-likeness (QED) is 0.877. The first-order valence-electron chi connectivity index (χ1n) is 7.77. The summed E-state index contributed by atoms with van der Waals surface area (Å²) in [7, 11) is 1.56. The molecule has 22 heavy (non-hydrogen) atoms. The minimum absolute atomic E-state index is 0.0304. The van der Waals surface area contributed by atoms with E-state index in [0.29, 0.717) is 24.1 Å². The fraction of sp³-hybridized carbons (Fsp3) is 0.529. The second-order valence-corrected chi connectivity index (χ2v) is 6.28. The SMILES string of the molecule is COCc1cc(NC(=O)C2C3CCCCC32)cc(C(=O)O)c1. The van der Waals surface area contributed by atoms with E-state index < -0.39 is 5.97 Å². The molecule has 0 aromatic heterocycles. The van der Waals surface area contributed by atoms with E-state index in [1.54, 1.807) is 19.2 Å². The number of carboxylic acid groups (broad SMARTS) is 1. The molecule has 0 aliphatic heterocycles. The summed E-state index contributed by atoms with van der Waals surface area (Å²) in [4.78, 5) is 23.6. The Morgan fingerprint density at radius 3 is 2.50 bits per heavy atom. The molecule has 0 heterocycles. The van der Waals surface area contributed by atoms with Crippen LogP contribution in [0.5, 0.6) is 0 Å². The minimum Gasteiger partial charge on any atom is -0.478 e. The summed E-state index contributed by atoms with van der Waals surface area (Å²) in [6.45, 7) is 0.318. The summed E-state index contributed by atoms with van der Waals surface area (Å²) in [5.41, 5.74) is 1.45. The van der Waals surface area contributed by atoms with E-state index in [0.717, 1.165) is 18.4 Å². The van der Waals surface area contributed by atoms with Gasteiger partial charge in [0.15, 0.2) is 0 Å². The van der Waals surface area contributed by atoms with Crippen molar-refractivity contribution < 1.29 is 19.4 Å². The molecule has 1 aromatic rings.